The van der Waals surface area contributed by atoms with Gasteiger partial charge in [-0.05, 0) is 70.1 Å². The Labute approximate surface area is 239 Å². The van der Waals surface area contributed by atoms with Crippen LogP contribution in [-0.2, 0) is 28.0 Å². The molecule has 7 heteroatoms. The molecular weight excluding hydrogens is 564 g/mol. The van der Waals surface area contributed by atoms with Crippen LogP contribution < -0.4 is 10.1 Å². The first-order chi connectivity index (χ1) is 18.0. The van der Waals surface area contributed by atoms with Crippen molar-refractivity contribution in [2.75, 3.05) is 6.61 Å². The largest absolute Gasteiger partial charge is 0.483 e. The van der Waals surface area contributed by atoms with Gasteiger partial charge in [0.25, 0.3) is 5.91 Å². The molecule has 0 radical (unpaired) electrons. The van der Waals surface area contributed by atoms with Crippen molar-refractivity contribution in [3.63, 3.8) is 0 Å². The molecule has 0 unspecified atom stereocenters. The minimum absolute atomic E-state index is 0.0168. The monoisotopic (exact) mass is 598 g/mol. The van der Waals surface area contributed by atoms with Gasteiger partial charge in [0.2, 0.25) is 5.91 Å². The van der Waals surface area contributed by atoms with E-state index in [1.54, 1.807) is 11.0 Å². The van der Waals surface area contributed by atoms with Gasteiger partial charge in [-0.1, -0.05) is 87.0 Å². The Bertz CT molecular complexity index is 1240. The summed E-state index contributed by atoms with van der Waals surface area (Å²) in [6, 6.07) is 22.1. The van der Waals surface area contributed by atoms with Gasteiger partial charge in [-0.25, -0.2) is 0 Å². The SMILES string of the molecule is CC(C)NC(=O)[C@@H](Cc1ccccc1)N(Cc1ccccc1Cl)C(=O)COc1ccc(C(C)(C)C)cc1Br. The predicted octanol–water partition coefficient (Wildman–Crippen LogP) is 6.94. The lowest BCUT2D eigenvalue weighted by Crippen LogP contribution is -2.52. The molecule has 2 amide bonds. The van der Waals surface area contributed by atoms with Crippen molar-refractivity contribution in [2.45, 2.75) is 65.1 Å². The van der Waals surface area contributed by atoms with Crippen molar-refractivity contribution in [1.29, 1.82) is 0 Å². The molecule has 0 saturated heterocycles. The number of nitrogens with one attached hydrogen (secondary N) is 1. The molecule has 0 aromatic heterocycles. The van der Waals surface area contributed by atoms with E-state index in [0.717, 1.165) is 21.2 Å². The van der Waals surface area contributed by atoms with Crippen LogP contribution in [0, 0.1) is 0 Å². The number of carbonyl (C=O) groups is 2. The molecule has 3 aromatic rings. The Hall–Kier alpha value is -2.83. The summed E-state index contributed by atoms with van der Waals surface area (Å²) in [5, 5.41) is 3.52. The average molecular weight is 600 g/mol. The van der Waals surface area contributed by atoms with Gasteiger partial charge in [0, 0.05) is 24.0 Å². The first kappa shape index (κ1) is 29.7. The molecule has 3 aromatic carbocycles. The second-order valence-electron chi connectivity index (χ2n) is 10.7. The van der Waals surface area contributed by atoms with E-state index in [4.69, 9.17) is 16.3 Å². The highest BCUT2D eigenvalue weighted by Gasteiger charge is 2.31. The zero-order valence-electron chi connectivity index (χ0n) is 22.6. The van der Waals surface area contributed by atoms with Gasteiger partial charge in [0.05, 0.1) is 4.47 Å². The Morgan fingerprint density at radius 2 is 1.66 bits per heavy atom. The van der Waals surface area contributed by atoms with Crippen molar-refractivity contribution in [3.8, 4) is 5.75 Å². The second kappa shape index (κ2) is 13.3. The van der Waals surface area contributed by atoms with Gasteiger partial charge >= 0.3 is 0 Å². The van der Waals surface area contributed by atoms with E-state index in [0.29, 0.717) is 17.2 Å². The van der Waals surface area contributed by atoms with Gasteiger partial charge in [0.15, 0.2) is 6.61 Å². The Morgan fingerprint density at radius 1 is 1.00 bits per heavy atom. The van der Waals surface area contributed by atoms with E-state index in [-0.39, 0.29) is 36.4 Å². The summed E-state index contributed by atoms with van der Waals surface area (Å²) < 4.78 is 6.75. The zero-order chi connectivity index (χ0) is 27.9. The zero-order valence-corrected chi connectivity index (χ0v) is 25.0. The fourth-order valence-corrected chi connectivity index (χ4v) is 4.74. The highest BCUT2D eigenvalue weighted by Crippen LogP contribution is 2.31. The van der Waals surface area contributed by atoms with Gasteiger partial charge in [-0.3, -0.25) is 9.59 Å². The van der Waals surface area contributed by atoms with Crippen LogP contribution in [-0.4, -0.2) is 35.4 Å². The van der Waals surface area contributed by atoms with Gasteiger partial charge in [-0.2, -0.15) is 0 Å². The number of hydrogen-bond acceptors (Lipinski definition) is 3. The van der Waals surface area contributed by atoms with E-state index < -0.39 is 6.04 Å². The lowest BCUT2D eigenvalue weighted by atomic mass is 9.87. The molecule has 5 nitrogen and oxygen atoms in total. The summed E-state index contributed by atoms with van der Waals surface area (Å²) in [4.78, 5) is 28.8. The van der Waals surface area contributed by atoms with Crippen LogP contribution in [0.5, 0.6) is 5.75 Å². The first-order valence-corrected chi connectivity index (χ1v) is 13.9. The van der Waals surface area contributed by atoms with Crippen molar-refractivity contribution in [1.82, 2.24) is 10.2 Å². The van der Waals surface area contributed by atoms with Crippen molar-refractivity contribution < 1.29 is 14.3 Å². The predicted molar refractivity (Wildman–Crippen MR) is 158 cm³/mol. The van der Waals surface area contributed by atoms with Gasteiger partial charge in [-0.15, -0.1) is 0 Å². The lowest BCUT2D eigenvalue weighted by molar-refractivity contribution is -0.143. The normalized spacial score (nSPS) is 12.2. The molecule has 1 N–H and O–H groups in total. The second-order valence-corrected chi connectivity index (χ2v) is 11.9. The third kappa shape index (κ3) is 8.34. The molecule has 0 saturated carbocycles. The Balaban J connectivity index is 1.92. The molecule has 0 aliphatic rings. The number of carbonyl (C=O) groups excluding carboxylic acids is 2. The van der Waals surface area contributed by atoms with Crippen LogP contribution >= 0.6 is 27.5 Å². The lowest BCUT2D eigenvalue weighted by Gasteiger charge is -2.32. The number of benzene rings is 3. The maximum atomic E-state index is 13.8. The summed E-state index contributed by atoms with van der Waals surface area (Å²) in [7, 11) is 0. The number of halogens is 2. The van der Waals surface area contributed by atoms with Crippen LogP contribution in [0.25, 0.3) is 0 Å². The molecule has 0 aliphatic carbocycles. The van der Waals surface area contributed by atoms with E-state index in [1.807, 2.05) is 80.6 Å². The quantitative estimate of drug-likeness (QED) is 0.275. The van der Waals surface area contributed by atoms with Gasteiger partial charge in [0.1, 0.15) is 11.8 Å². The molecule has 0 bridgehead atoms. The highest BCUT2D eigenvalue weighted by atomic mass is 79.9. The molecule has 202 valence electrons. The van der Waals surface area contributed by atoms with E-state index in [9.17, 15) is 9.59 Å². The maximum absolute atomic E-state index is 13.8. The van der Waals surface area contributed by atoms with Crippen LogP contribution in [0.1, 0.15) is 51.3 Å². The topological polar surface area (TPSA) is 58.6 Å². The number of rotatable bonds is 10. The van der Waals surface area contributed by atoms with Crippen molar-refractivity contribution in [3.05, 3.63) is 99.0 Å². The molecule has 0 heterocycles. The van der Waals surface area contributed by atoms with Crippen LogP contribution in [0.3, 0.4) is 0 Å². The van der Waals surface area contributed by atoms with Crippen molar-refractivity contribution >= 4 is 39.3 Å². The smallest absolute Gasteiger partial charge is 0.261 e. The van der Waals surface area contributed by atoms with Crippen LogP contribution in [0.2, 0.25) is 5.02 Å². The fraction of sp³-hybridized carbons (Fsp3) is 0.355. The standard InChI is InChI=1S/C31H36BrClN2O3/c1-21(2)34-30(37)27(17-22-11-7-6-8-12-22)35(19-23-13-9-10-14-26(23)33)29(36)20-38-28-16-15-24(18-25(28)32)31(3,4)5/h6-16,18,21,27H,17,19-20H2,1-5H3,(H,34,37)/t27-/m1/s1. The molecule has 3 rings (SSSR count). The average Bonchev–Trinajstić information content (AvgIpc) is 2.85. The van der Waals surface area contributed by atoms with E-state index >= 15 is 0 Å². The molecule has 1 atom stereocenters. The summed E-state index contributed by atoms with van der Waals surface area (Å²) in [5.41, 5.74) is 2.84. The Kier molecular flexibility index (Phi) is 10.4. The Morgan fingerprint density at radius 3 is 2.26 bits per heavy atom. The molecule has 0 fully saturated rings. The molecule has 0 aliphatic heterocycles. The maximum Gasteiger partial charge on any atom is 0.261 e. The molecule has 0 spiro atoms. The number of amides is 2. The van der Waals surface area contributed by atoms with Gasteiger partial charge < -0.3 is 15.0 Å². The minimum Gasteiger partial charge on any atom is -0.483 e. The number of ether oxygens (including phenoxy) is 1. The first-order valence-electron chi connectivity index (χ1n) is 12.8. The molecular formula is C31H36BrClN2O3. The fourth-order valence-electron chi connectivity index (χ4n) is 4.05. The third-order valence-electron chi connectivity index (χ3n) is 6.15. The highest BCUT2D eigenvalue weighted by molar-refractivity contribution is 9.10. The van der Waals surface area contributed by atoms with Crippen LogP contribution in [0.4, 0.5) is 0 Å². The number of nitrogens with zero attached hydrogens (tertiary/aromatic N) is 1. The third-order valence-corrected chi connectivity index (χ3v) is 7.14. The summed E-state index contributed by atoms with van der Waals surface area (Å²) in [5.74, 6) is 0.0341. The molecule has 38 heavy (non-hydrogen) atoms. The van der Waals surface area contributed by atoms with Crippen molar-refractivity contribution in [2.24, 2.45) is 0 Å². The number of hydrogen-bond donors (Lipinski definition) is 1. The van der Waals surface area contributed by atoms with Crippen LogP contribution in [0.15, 0.2) is 77.3 Å². The summed E-state index contributed by atoms with van der Waals surface area (Å²) in [6.07, 6.45) is 0.361. The summed E-state index contributed by atoms with van der Waals surface area (Å²) >= 11 is 10.1. The van der Waals surface area contributed by atoms with E-state index in [1.165, 1.54) is 0 Å². The summed E-state index contributed by atoms with van der Waals surface area (Å²) in [6.45, 7) is 10.2. The van der Waals surface area contributed by atoms with E-state index in [2.05, 4.69) is 42.0 Å². The minimum atomic E-state index is -0.751.